The van der Waals surface area contributed by atoms with E-state index in [4.69, 9.17) is 5.11 Å². The van der Waals surface area contributed by atoms with E-state index in [2.05, 4.69) is 0 Å². The Hall–Kier alpha value is 0.736. The second-order valence-electron chi connectivity index (χ2n) is 1.76. The summed E-state index contributed by atoms with van der Waals surface area (Å²) in [6, 6.07) is 0. The van der Waals surface area contributed by atoms with Crippen LogP contribution < -0.4 is 56.5 Å². The molecule has 0 amide bonds. The zero-order valence-electron chi connectivity index (χ0n) is 5.96. The fourth-order valence-corrected chi connectivity index (χ4v) is 0.352. The van der Waals surface area contributed by atoms with Gasteiger partial charge >= 0.3 is 51.4 Å². The summed E-state index contributed by atoms with van der Waals surface area (Å²) in [4.78, 5) is 19.8. The average Bonchev–Trinajstić information content (AvgIpc) is 1.63. The zero-order chi connectivity index (χ0) is 7.44. The summed E-state index contributed by atoms with van der Waals surface area (Å²) in [5, 5.41) is 18.1. The number of carbonyl (C=O) groups is 2. The molecule has 0 aromatic heterocycles. The normalized spacial score (nSPS) is 11.4. The molecule has 0 saturated heterocycles. The largest absolute Gasteiger partial charge is 1.00 e. The first-order valence-electron chi connectivity index (χ1n) is 2.46. The van der Waals surface area contributed by atoms with Gasteiger partial charge in [-0.15, -0.1) is 0 Å². The number of carboxylic acid groups (broad SMARTS) is 1. The molecule has 0 rings (SSSR count). The van der Waals surface area contributed by atoms with E-state index in [0.717, 1.165) is 0 Å². The molecule has 52 valence electrons. The first-order valence-corrected chi connectivity index (χ1v) is 2.46. The van der Waals surface area contributed by atoms with Crippen LogP contribution in [0.15, 0.2) is 0 Å². The number of rotatable bonds is 3. The van der Waals surface area contributed by atoms with Crippen molar-refractivity contribution < 1.29 is 71.2 Å². The van der Waals surface area contributed by atoms with Crippen molar-refractivity contribution in [3.05, 3.63) is 0 Å². The number of aliphatic hydroxyl groups excluding tert-OH is 1. The van der Waals surface area contributed by atoms with E-state index in [1.807, 2.05) is 0 Å². The minimum atomic E-state index is -1.74. The van der Waals surface area contributed by atoms with Crippen LogP contribution in [0.2, 0.25) is 0 Å². The van der Waals surface area contributed by atoms with Gasteiger partial charge in [0.25, 0.3) is 0 Å². The number of hydrogen-bond acceptors (Lipinski definition) is 4. The van der Waals surface area contributed by atoms with Crippen molar-refractivity contribution in [1.29, 1.82) is 0 Å². The van der Waals surface area contributed by atoms with Crippen LogP contribution in [-0.2, 0) is 9.59 Å². The van der Waals surface area contributed by atoms with Gasteiger partial charge in [-0.3, -0.25) is 4.79 Å². The van der Waals surface area contributed by atoms with Crippen molar-refractivity contribution >= 4 is 11.8 Å². The van der Waals surface area contributed by atoms with Gasteiger partial charge in [0.15, 0.2) is 5.78 Å². The third kappa shape index (κ3) is 6.85. The van der Waals surface area contributed by atoms with E-state index in [9.17, 15) is 14.7 Å². The molecule has 0 saturated carbocycles. The van der Waals surface area contributed by atoms with Gasteiger partial charge < -0.3 is 15.0 Å². The summed E-state index contributed by atoms with van der Waals surface area (Å²) in [6.07, 6.45) is -1.28. The van der Waals surface area contributed by atoms with Crippen LogP contribution in [-0.4, -0.2) is 23.0 Å². The van der Waals surface area contributed by atoms with Gasteiger partial charge in [0.1, 0.15) is 5.97 Å². The summed E-state index contributed by atoms with van der Waals surface area (Å²) in [5.74, 6) is -2.80. The molecule has 0 aromatic rings. The maximum absolute atomic E-state index is 10.1. The quantitative estimate of drug-likeness (QED) is 0.340. The molecule has 0 aliphatic heterocycles. The Morgan fingerprint density at radius 3 is 2.10 bits per heavy atom. The maximum Gasteiger partial charge on any atom is 1.00 e. The van der Waals surface area contributed by atoms with Crippen molar-refractivity contribution in [1.82, 2.24) is 0 Å². The zero-order valence-corrected chi connectivity index (χ0v) is 9.08. The molecular formula is C5H7KO4. The Labute approximate surface area is 101 Å². The van der Waals surface area contributed by atoms with Crippen molar-refractivity contribution in [2.45, 2.75) is 19.4 Å². The fraction of sp³-hybridized carbons (Fsp3) is 0.600. The molecule has 0 spiro atoms. The summed E-state index contributed by atoms with van der Waals surface area (Å²) >= 11 is 0. The molecule has 1 unspecified atom stereocenters. The van der Waals surface area contributed by atoms with Crippen LogP contribution in [0.5, 0.6) is 0 Å². The van der Waals surface area contributed by atoms with Crippen LogP contribution >= 0.6 is 0 Å². The number of Topliss-reactive ketones (excluding diaryl/α,β-unsaturated/α-hetero) is 1. The van der Waals surface area contributed by atoms with Gasteiger partial charge in [-0.1, -0.05) is 0 Å². The first kappa shape index (κ1) is 13.3. The van der Waals surface area contributed by atoms with Crippen molar-refractivity contribution in [3.63, 3.8) is 0 Å². The first-order chi connectivity index (χ1) is 4.04. The average molecular weight is 170 g/mol. The molecule has 1 N–H and O–H groups in total. The minimum Gasteiger partial charge on any atom is -0.542 e. The smallest absolute Gasteiger partial charge is 0.542 e. The van der Waals surface area contributed by atoms with Gasteiger partial charge in [-0.2, -0.15) is 0 Å². The van der Waals surface area contributed by atoms with E-state index in [1.54, 1.807) is 0 Å². The molecule has 0 heterocycles. The summed E-state index contributed by atoms with van der Waals surface area (Å²) in [5.41, 5.74) is 0. The number of aliphatic hydroxyl groups is 1. The van der Waals surface area contributed by atoms with Crippen LogP contribution in [0.25, 0.3) is 0 Å². The molecule has 0 aliphatic carbocycles. The Kier molecular flexibility index (Phi) is 8.60. The third-order valence-electron chi connectivity index (χ3n) is 0.708. The molecule has 0 bridgehead atoms. The molecule has 0 aliphatic rings. The number of aliphatic carboxylic acids is 1. The number of carboxylic acids is 1. The Morgan fingerprint density at radius 2 is 2.00 bits per heavy atom. The topological polar surface area (TPSA) is 77.4 Å². The second kappa shape index (κ2) is 6.45. The van der Waals surface area contributed by atoms with Crippen molar-refractivity contribution in [2.75, 3.05) is 0 Å². The maximum atomic E-state index is 10.1. The SMILES string of the molecule is CC(O)CC(=O)C(=O)[O-].[K+]. The summed E-state index contributed by atoms with van der Waals surface area (Å²) < 4.78 is 0. The molecule has 0 fully saturated rings. The van der Waals surface area contributed by atoms with E-state index < -0.39 is 17.9 Å². The molecule has 4 nitrogen and oxygen atoms in total. The van der Waals surface area contributed by atoms with E-state index in [-0.39, 0.29) is 57.8 Å². The Morgan fingerprint density at radius 1 is 1.60 bits per heavy atom. The Bertz CT molecular complexity index is 132. The monoisotopic (exact) mass is 170 g/mol. The van der Waals surface area contributed by atoms with Crippen LogP contribution in [0.1, 0.15) is 13.3 Å². The summed E-state index contributed by atoms with van der Waals surface area (Å²) in [6.45, 7) is 1.33. The molecular weight excluding hydrogens is 163 g/mol. The van der Waals surface area contributed by atoms with E-state index in [0.29, 0.717) is 0 Å². The van der Waals surface area contributed by atoms with Crippen molar-refractivity contribution in [3.8, 4) is 0 Å². The fourth-order valence-electron chi connectivity index (χ4n) is 0.352. The van der Waals surface area contributed by atoms with Crippen LogP contribution in [0, 0.1) is 0 Å². The van der Waals surface area contributed by atoms with Crippen LogP contribution in [0.4, 0.5) is 0 Å². The van der Waals surface area contributed by atoms with Crippen molar-refractivity contribution in [2.24, 2.45) is 0 Å². The molecule has 0 radical (unpaired) electrons. The molecule has 10 heavy (non-hydrogen) atoms. The standard InChI is InChI=1S/C5H8O4.K/c1-3(6)2-4(7)5(8)9;/h3,6H,2H2,1H3,(H,8,9);/q;+1/p-1. The number of hydrogen-bond donors (Lipinski definition) is 1. The molecule has 1 atom stereocenters. The number of ketones is 1. The van der Waals surface area contributed by atoms with E-state index >= 15 is 0 Å². The third-order valence-corrected chi connectivity index (χ3v) is 0.708. The predicted octanol–water partition coefficient (Wildman–Crippen LogP) is -4.92. The van der Waals surface area contributed by atoms with Gasteiger partial charge in [0, 0.05) is 6.42 Å². The Balaban J connectivity index is 0. The van der Waals surface area contributed by atoms with Crippen LogP contribution in [0.3, 0.4) is 0 Å². The molecule has 5 heteroatoms. The number of carbonyl (C=O) groups excluding carboxylic acids is 2. The van der Waals surface area contributed by atoms with Gasteiger partial charge in [-0.25, -0.2) is 0 Å². The second-order valence-corrected chi connectivity index (χ2v) is 1.76. The van der Waals surface area contributed by atoms with Gasteiger partial charge in [0.05, 0.1) is 6.10 Å². The van der Waals surface area contributed by atoms with Gasteiger partial charge in [-0.05, 0) is 6.92 Å². The van der Waals surface area contributed by atoms with Gasteiger partial charge in [0.2, 0.25) is 0 Å². The summed E-state index contributed by atoms with van der Waals surface area (Å²) in [7, 11) is 0. The molecule has 0 aromatic carbocycles. The predicted molar refractivity (Wildman–Crippen MR) is 26.3 cm³/mol. The van der Waals surface area contributed by atoms with E-state index in [1.165, 1.54) is 6.92 Å². The minimum absolute atomic E-state index is 0.